The lowest BCUT2D eigenvalue weighted by atomic mass is 10.1. The number of nitrogens with zero attached hydrogens (tertiary/aromatic N) is 2. The topological polar surface area (TPSA) is 33.6 Å². The third-order valence-electron chi connectivity index (χ3n) is 2.14. The van der Waals surface area contributed by atoms with Gasteiger partial charge in [0, 0.05) is 5.54 Å². The van der Waals surface area contributed by atoms with Crippen LogP contribution in [0, 0.1) is 4.77 Å². The van der Waals surface area contributed by atoms with Crippen molar-refractivity contribution in [1.82, 2.24) is 14.8 Å². The summed E-state index contributed by atoms with van der Waals surface area (Å²) in [7, 11) is 0. The Kier molecular flexibility index (Phi) is 3.07. The van der Waals surface area contributed by atoms with E-state index in [-0.39, 0.29) is 5.54 Å². The number of nitrogens with one attached hydrogen (secondary N) is 1. The third kappa shape index (κ3) is 2.14. The summed E-state index contributed by atoms with van der Waals surface area (Å²) in [5, 5.41) is 7.16. The van der Waals surface area contributed by atoms with E-state index in [1.165, 1.54) is 0 Å². The Labute approximate surface area is 112 Å². The van der Waals surface area contributed by atoms with Crippen LogP contribution in [0.4, 0.5) is 0 Å². The standard InChI is InChI=1S/C10H12BrN3S2/c1-10(2,3)14-8(12-13-9(14)15)6-4-5-7(11)16-6/h4-5H,1-3H3,(H,13,15). The van der Waals surface area contributed by atoms with Crippen LogP contribution in [-0.2, 0) is 5.54 Å². The van der Waals surface area contributed by atoms with Gasteiger partial charge in [-0.3, -0.25) is 9.67 Å². The molecule has 0 unspecified atom stereocenters. The van der Waals surface area contributed by atoms with Crippen molar-refractivity contribution in [2.24, 2.45) is 0 Å². The minimum absolute atomic E-state index is 0.0735. The van der Waals surface area contributed by atoms with Crippen LogP contribution in [0.15, 0.2) is 15.9 Å². The maximum atomic E-state index is 5.27. The van der Waals surface area contributed by atoms with Crippen LogP contribution >= 0.6 is 39.5 Å². The minimum atomic E-state index is -0.0735. The fraction of sp³-hybridized carbons (Fsp3) is 0.400. The Morgan fingerprint density at radius 1 is 1.44 bits per heavy atom. The molecule has 2 aromatic heterocycles. The van der Waals surface area contributed by atoms with E-state index >= 15 is 0 Å². The molecule has 0 saturated heterocycles. The number of hydrogen-bond donors (Lipinski definition) is 1. The molecule has 3 nitrogen and oxygen atoms in total. The second-order valence-electron chi connectivity index (χ2n) is 4.46. The molecule has 0 aliphatic heterocycles. The first-order valence-electron chi connectivity index (χ1n) is 4.83. The zero-order valence-electron chi connectivity index (χ0n) is 9.24. The minimum Gasteiger partial charge on any atom is -0.294 e. The van der Waals surface area contributed by atoms with Crippen molar-refractivity contribution in [2.45, 2.75) is 26.3 Å². The molecule has 0 amide bonds. The molecule has 2 aromatic rings. The molecule has 0 aliphatic rings. The molecular formula is C10H12BrN3S2. The van der Waals surface area contributed by atoms with Crippen LogP contribution in [0.3, 0.4) is 0 Å². The normalized spacial score (nSPS) is 12.0. The number of thiophene rings is 1. The second-order valence-corrected chi connectivity index (χ2v) is 7.31. The highest BCUT2D eigenvalue weighted by Crippen LogP contribution is 2.32. The smallest absolute Gasteiger partial charge is 0.195 e. The highest BCUT2D eigenvalue weighted by molar-refractivity contribution is 9.11. The monoisotopic (exact) mass is 317 g/mol. The van der Waals surface area contributed by atoms with Gasteiger partial charge < -0.3 is 0 Å². The van der Waals surface area contributed by atoms with E-state index in [0.29, 0.717) is 4.77 Å². The lowest BCUT2D eigenvalue weighted by Crippen LogP contribution is -2.22. The summed E-state index contributed by atoms with van der Waals surface area (Å²) in [4.78, 5) is 1.11. The molecular weight excluding hydrogens is 306 g/mol. The Balaban J connectivity index is 2.63. The highest BCUT2D eigenvalue weighted by atomic mass is 79.9. The van der Waals surface area contributed by atoms with Gasteiger partial charge in [0.15, 0.2) is 10.6 Å². The van der Waals surface area contributed by atoms with Gasteiger partial charge in [0.1, 0.15) is 0 Å². The van der Waals surface area contributed by atoms with E-state index in [1.807, 2.05) is 16.7 Å². The molecule has 86 valence electrons. The Morgan fingerprint density at radius 3 is 2.62 bits per heavy atom. The van der Waals surface area contributed by atoms with Crippen molar-refractivity contribution in [3.63, 3.8) is 0 Å². The summed E-state index contributed by atoms with van der Waals surface area (Å²) in [5.41, 5.74) is -0.0735. The van der Waals surface area contributed by atoms with Gasteiger partial charge in [0.25, 0.3) is 0 Å². The fourth-order valence-electron chi connectivity index (χ4n) is 1.52. The quantitative estimate of drug-likeness (QED) is 0.800. The van der Waals surface area contributed by atoms with Crippen molar-refractivity contribution < 1.29 is 0 Å². The summed E-state index contributed by atoms with van der Waals surface area (Å²) >= 11 is 10.4. The molecule has 2 rings (SSSR count). The number of aromatic amines is 1. The number of aromatic nitrogens is 3. The van der Waals surface area contributed by atoms with Crippen molar-refractivity contribution in [1.29, 1.82) is 0 Å². The number of H-pyrrole nitrogens is 1. The van der Waals surface area contributed by atoms with Gasteiger partial charge in [-0.1, -0.05) is 0 Å². The predicted molar refractivity (Wildman–Crippen MR) is 73.4 cm³/mol. The van der Waals surface area contributed by atoms with Crippen molar-refractivity contribution in [2.75, 3.05) is 0 Å². The van der Waals surface area contributed by atoms with Gasteiger partial charge in [-0.25, -0.2) is 0 Å². The van der Waals surface area contributed by atoms with Crippen LogP contribution in [0.1, 0.15) is 20.8 Å². The summed E-state index contributed by atoms with van der Waals surface area (Å²) in [6, 6.07) is 4.06. The molecule has 0 saturated carbocycles. The third-order valence-corrected chi connectivity index (χ3v) is 4.03. The molecule has 0 fully saturated rings. The molecule has 0 aliphatic carbocycles. The van der Waals surface area contributed by atoms with Gasteiger partial charge in [-0.05, 0) is 61.1 Å². The summed E-state index contributed by atoms with van der Waals surface area (Å²) in [6.07, 6.45) is 0. The molecule has 1 N–H and O–H groups in total. The molecule has 0 spiro atoms. The molecule has 16 heavy (non-hydrogen) atoms. The van der Waals surface area contributed by atoms with Crippen LogP contribution in [0.2, 0.25) is 0 Å². The van der Waals surface area contributed by atoms with E-state index < -0.39 is 0 Å². The van der Waals surface area contributed by atoms with Gasteiger partial charge >= 0.3 is 0 Å². The average Bonchev–Trinajstić information content (AvgIpc) is 2.70. The van der Waals surface area contributed by atoms with Gasteiger partial charge in [-0.15, -0.1) is 11.3 Å². The lowest BCUT2D eigenvalue weighted by Gasteiger charge is -2.21. The molecule has 0 bridgehead atoms. The summed E-state index contributed by atoms with van der Waals surface area (Å²) in [5.74, 6) is 0.896. The molecule has 0 atom stereocenters. The first-order chi connectivity index (χ1) is 7.39. The number of hydrogen-bond acceptors (Lipinski definition) is 3. The fourth-order valence-corrected chi connectivity index (χ4v) is 3.29. The van der Waals surface area contributed by atoms with E-state index in [4.69, 9.17) is 12.2 Å². The average molecular weight is 318 g/mol. The SMILES string of the molecule is CC(C)(C)n1c(-c2ccc(Br)s2)n[nH]c1=S. The van der Waals surface area contributed by atoms with Crippen LogP contribution < -0.4 is 0 Å². The van der Waals surface area contributed by atoms with Gasteiger partial charge in [-0.2, -0.15) is 5.10 Å². The molecule has 0 aromatic carbocycles. The second kappa shape index (κ2) is 4.09. The van der Waals surface area contributed by atoms with E-state index in [9.17, 15) is 0 Å². The zero-order chi connectivity index (χ0) is 11.9. The highest BCUT2D eigenvalue weighted by Gasteiger charge is 2.21. The van der Waals surface area contributed by atoms with Crippen molar-refractivity contribution in [3.8, 4) is 10.7 Å². The van der Waals surface area contributed by atoms with Crippen LogP contribution in [0.25, 0.3) is 10.7 Å². The van der Waals surface area contributed by atoms with Crippen molar-refractivity contribution in [3.05, 3.63) is 20.7 Å². The molecule has 0 radical (unpaired) electrons. The van der Waals surface area contributed by atoms with Crippen LogP contribution in [0.5, 0.6) is 0 Å². The largest absolute Gasteiger partial charge is 0.294 e. The maximum absolute atomic E-state index is 5.27. The first-order valence-corrected chi connectivity index (χ1v) is 6.85. The van der Waals surface area contributed by atoms with Crippen LogP contribution in [-0.4, -0.2) is 14.8 Å². The summed E-state index contributed by atoms with van der Waals surface area (Å²) in [6.45, 7) is 6.35. The number of rotatable bonds is 1. The molecule has 6 heteroatoms. The Hall–Kier alpha value is -0.460. The predicted octanol–water partition coefficient (Wildman–Crippen LogP) is 4.19. The maximum Gasteiger partial charge on any atom is 0.195 e. The Morgan fingerprint density at radius 2 is 2.12 bits per heavy atom. The first kappa shape index (κ1) is 12.0. The van der Waals surface area contributed by atoms with E-state index in [0.717, 1.165) is 14.5 Å². The lowest BCUT2D eigenvalue weighted by molar-refractivity contribution is 0.396. The number of halogens is 1. The zero-order valence-corrected chi connectivity index (χ0v) is 12.5. The van der Waals surface area contributed by atoms with Crippen molar-refractivity contribution >= 4 is 39.5 Å². The van der Waals surface area contributed by atoms with Gasteiger partial charge in [0.2, 0.25) is 0 Å². The Bertz CT molecular complexity index is 559. The van der Waals surface area contributed by atoms with E-state index in [1.54, 1.807) is 11.3 Å². The van der Waals surface area contributed by atoms with E-state index in [2.05, 4.69) is 46.9 Å². The van der Waals surface area contributed by atoms with Gasteiger partial charge in [0.05, 0.1) is 8.66 Å². The molecule has 2 heterocycles. The summed E-state index contributed by atoms with van der Waals surface area (Å²) < 4.78 is 3.80.